The SMILES string of the molecule is CN(Cc1cc(C(F)(F)F)cc(C(F)(F)F)c1)C(=O)N1CCC(NC(=O)CO)CC1. The Kier molecular flexibility index (Phi) is 7.22. The number of carbonyl (C=O) groups is 2. The number of carbonyl (C=O) groups excluding carboxylic acids is 2. The van der Waals surface area contributed by atoms with Crippen molar-refractivity contribution in [3.05, 3.63) is 34.9 Å². The van der Waals surface area contributed by atoms with Crippen molar-refractivity contribution in [2.45, 2.75) is 37.8 Å². The lowest BCUT2D eigenvalue weighted by Crippen LogP contribution is -2.50. The van der Waals surface area contributed by atoms with Crippen molar-refractivity contribution in [1.82, 2.24) is 15.1 Å². The van der Waals surface area contributed by atoms with Gasteiger partial charge in [-0.2, -0.15) is 26.3 Å². The summed E-state index contributed by atoms with van der Waals surface area (Å²) in [4.78, 5) is 26.2. The fourth-order valence-corrected chi connectivity index (χ4v) is 3.18. The molecule has 0 radical (unpaired) electrons. The molecule has 2 rings (SSSR count). The summed E-state index contributed by atoms with van der Waals surface area (Å²) in [5.74, 6) is -0.540. The standard InChI is InChI=1S/C18H21F6N3O3/c1-26(16(30)27-4-2-14(3-5-27)25-15(29)10-28)9-11-6-12(17(19,20)21)8-13(7-11)18(22,23)24/h6-8,14,28H,2-5,9-10H2,1H3,(H,25,29). The highest BCUT2D eigenvalue weighted by molar-refractivity contribution is 5.77. The maximum atomic E-state index is 13.0. The van der Waals surface area contributed by atoms with Crippen LogP contribution in [0.3, 0.4) is 0 Å². The highest BCUT2D eigenvalue weighted by atomic mass is 19.4. The predicted molar refractivity (Wildman–Crippen MR) is 93.1 cm³/mol. The fraction of sp³-hybridized carbons (Fsp3) is 0.556. The van der Waals surface area contributed by atoms with E-state index in [2.05, 4.69) is 5.32 Å². The zero-order valence-electron chi connectivity index (χ0n) is 16.0. The van der Waals surface area contributed by atoms with Gasteiger partial charge in [0.25, 0.3) is 0 Å². The number of amides is 3. The lowest BCUT2D eigenvalue weighted by molar-refractivity contribution is -0.143. The van der Waals surface area contributed by atoms with Crippen molar-refractivity contribution in [3.63, 3.8) is 0 Å². The molecule has 1 aromatic rings. The van der Waals surface area contributed by atoms with Crippen LogP contribution in [0.1, 0.15) is 29.5 Å². The Morgan fingerprint density at radius 1 is 1.07 bits per heavy atom. The number of aliphatic hydroxyl groups excluding tert-OH is 1. The van der Waals surface area contributed by atoms with Crippen LogP contribution < -0.4 is 5.32 Å². The van der Waals surface area contributed by atoms with E-state index in [1.807, 2.05) is 0 Å². The maximum absolute atomic E-state index is 13.0. The van der Waals surface area contributed by atoms with Gasteiger partial charge in [0.15, 0.2) is 0 Å². The van der Waals surface area contributed by atoms with Crippen LogP contribution in [0, 0.1) is 0 Å². The Labute approximate surface area is 168 Å². The van der Waals surface area contributed by atoms with E-state index in [0.717, 1.165) is 4.90 Å². The van der Waals surface area contributed by atoms with Gasteiger partial charge in [-0.15, -0.1) is 0 Å². The van der Waals surface area contributed by atoms with Gasteiger partial charge in [-0.25, -0.2) is 4.79 Å². The zero-order chi connectivity index (χ0) is 22.7. The van der Waals surface area contributed by atoms with Crippen molar-refractivity contribution in [1.29, 1.82) is 0 Å². The first kappa shape index (κ1) is 23.8. The Hall–Kier alpha value is -2.50. The second-order valence-corrected chi connectivity index (χ2v) is 7.04. The predicted octanol–water partition coefficient (Wildman–Crippen LogP) is 2.85. The lowest BCUT2D eigenvalue weighted by Gasteiger charge is -2.35. The Morgan fingerprint density at radius 2 is 1.57 bits per heavy atom. The van der Waals surface area contributed by atoms with Crippen LogP contribution in [0.15, 0.2) is 18.2 Å². The monoisotopic (exact) mass is 441 g/mol. The van der Waals surface area contributed by atoms with Gasteiger partial charge in [-0.1, -0.05) is 0 Å². The number of urea groups is 1. The average Bonchev–Trinajstić information content (AvgIpc) is 2.66. The van der Waals surface area contributed by atoms with E-state index in [9.17, 15) is 35.9 Å². The fourth-order valence-electron chi connectivity index (χ4n) is 3.18. The number of hydrogen-bond donors (Lipinski definition) is 2. The van der Waals surface area contributed by atoms with E-state index >= 15 is 0 Å². The molecule has 2 N–H and O–H groups in total. The Bertz CT molecular complexity index is 741. The van der Waals surface area contributed by atoms with Gasteiger partial charge in [-0.3, -0.25) is 4.79 Å². The molecule has 0 aliphatic carbocycles. The lowest BCUT2D eigenvalue weighted by atomic mass is 10.0. The van der Waals surface area contributed by atoms with Crippen molar-refractivity contribution in [2.24, 2.45) is 0 Å². The van der Waals surface area contributed by atoms with Gasteiger partial charge in [0.1, 0.15) is 6.61 Å². The number of nitrogens with one attached hydrogen (secondary N) is 1. The topological polar surface area (TPSA) is 72.9 Å². The largest absolute Gasteiger partial charge is 0.416 e. The molecule has 0 atom stereocenters. The van der Waals surface area contributed by atoms with Gasteiger partial charge in [0.2, 0.25) is 5.91 Å². The van der Waals surface area contributed by atoms with Gasteiger partial charge in [0, 0.05) is 32.7 Å². The summed E-state index contributed by atoms with van der Waals surface area (Å²) < 4.78 is 77.8. The number of piperidine rings is 1. The van der Waals surface area contributed by atoms with Gasteiger partial charge < -0.3 is 20.2 Å². The van der Waals surface area contributed by atoms with Crippen LogP contribution in [0.5, 0.6) is 0 Å². The number of likely N-dealkylation sites (tertiary alicyclic amines) is 1. The van der Waals surface area contributed by atoms with Crippen molar-refractivity contribution < 1.29 is 41.0 Å². The number of benzene rings is 1. The molecule has 0 saturated carbocycles. The van der Waals surface area contributed by atoms with Crippen LogP contribution in [-0.4, -0.2) is 59.6 Å². The third-order valence-corrected chi connectivity index (χ3v) is 4.67. The molecular formula is C18H21F6N3O3. The number of aliphatic hydroxyl groups is 1. The molecule has 0 aromatic heterocycles. The molecule has 12 heteroatoms. The number of nitrogens with zero attached hydrogens (tertiary/aromatic N) is 2. The summed E-state index contributed by atoms with van der Waals surface area (Å²) in [6.07, 6.45) is -9.10. The molecule has 6 nitrogen and oxygen atoms in total. The van der Waals surface area contributed by atoms with Crippen LogP contribution in [0.2, 0.25) is 0 Å². The summed E-state index contributed by atoms with van der Waals surface area (Å²) >= 11 is 0. The minimum atomic E-state index is -4.96. The normalized spacial score (nSPS) is 15.8. The zero-order valence-corrected chi connectivity index (χ0v) is 16.0. The molecular weight excluding hydrogens is 420 g/mol. The van der Waals surface area contributed by atoms with E-state index in [-0.39, 0.29) is 30.8 Å². The summed E-state index contributed by atoms with van der Waals surface area (Å²) in [5.41, 5.74) is -3.17. The Balaban J connectivity index is 2.07. The second kappa shape index (κ2) is 9.11. The molecule has 0 spiro atoms. The molecule has 1 aromatic carbocycles. The first-order valence-electron chi connectivity index (χ1n) is 9.00. The molecule has 0 bridgehead atoms. The minimum absolute atomic E-state index is 0.0385. The highest BCUT2D eigenvalue weighted by Crippen LogP contribution is 2.36. The third kappa shape index (κ3) is 6.25. The second-order valence-electron chi connectivity index (χ2n) is 7.04. The van der Waals surface area contributed by atoms with Crippen LogP contribution in [0.25, 0.3) is 0 Å². The first-order valence-corrected chi connectivity index (χ1v) is 9.00. The van der Waals surface area contributed by atoms with Gasteiger partial charge in [0.05, 0.1) is 11.1 Å². The van der Waals surface area contributed by atoms with Crippen molar-refractivity contribution in [2.75, 3.05) is 26.7 Å². The van der Waals surface area contributed by atoms with E-state index in [0.29, 0.717) is 25.0 Å². The highest BCUT2D eigenvalue weighted by Gasteiger charge is 2.37. The van der Waals surface area contributed by atoms with Crippen LogP contribution in [0.4, 0.5) is 31.1 Å². The summed E-state index contributed by atoms with van der Waals surface area (Å²) in [7, 11) is 1.29. The number of halogens is 6. The minimum Gasteiger partial charge on any atom is -0.387 e. The van der Waals surface area contributed by atoms with E-state index < -0.39 is 48.6 Å². The molecule has 0 unspecified atom stereocenters. The van der Waals surface area contributed by atoms with Crippen LogP contribution in [-0.2, 0) is 23.7 Å². The number of rotatable bonds is 4. The summed E-state index contributed by atoms with van der Waals surface area (Å²) in [5, 5.41) is 11.3. The quantitative estimate of drug-likeness (QED) is 0.706. The van der Waals surface area contributed by atoms with E-state index in [1.54, 1.807) is 0 Å². The average molecular weight is 441 g/mol. The van der Waals surface area contributed by atoms with Crippen LogP contribution >= 0.6 is 0 Å². The smallest absolute Gasteiger partial charge is 0.387 e. The van der Waals surface area contributed by atoms with Gasteiger partial charge in [-0.05, 0) is 36.6 Å². The summed E-state index contributed by atoms with van der Waals surface area (Å²) in [6, 6.07) is 0.451. The van der Waals surface area contributed by atoms with Crippen molar-refractivity contribution in [3.8, 4) is 0 Å². The summed E-state index contributed by atoms with van der Waals surface area (Å²) in [6.45, 7) is -0.600. The molecule has 1 aliphatic rings. The van der Waals surface area contributed by atoms with Crippen molar-refractivity contribution >= 4 is 11.9 Å². The molecule has 168 valence electrons. The van der Waals surface area contributed by atoms with E-state index in [4.69, 9.17) is 5.11 Å². The molecule has 1 heterocycles. The molecule has 1 fully saturated rings. The molecule has 1 saturated heterocycles. The van der Waals surface area contributed by atoms with Gasteiger partial charge >= 0.3 is 18.4 Å². The maximum Gasteiger partial charge on any atom is 0.416 e. The first-order chi connectivity index (χ1) is 13.8. The third-order valence-electron chi connectivity index (χ3n) is 4.67. The molecule has 30 heavy (non-hydrogen) atoms. The Morgan fingerprint density at radius 3 is 2.00 bits per heavy atom. The number of hydrogen-bond acceptors (Lipinski definition) is 3. The molecule has 3 amide bonds. The van der Waals surface area contributed by atoms with E-state index in [1.165, 1.54) is 11.9 Å². The number of alkyl halides is 6. The molecule has 1 aliphatic heterocycles.